The molecule has 0 saturated carbocycles. The zero-order valence-electron chi connectivity index (χ0n) is 11.3. The molecule has 0 atom stereocenters. The van der Waals surface area contributed by atoms with Crippen LogP contribution in [-0.2, 0) is 11.4 Å². The summed E-state index contributed by atoms with van der Waals surface area (Å²) in [5.74, 6) is 0.183. The van der Waals surface area contributed by atoms with Gasteiger partial charge in [-0.1, -0.05) is 18.2 Å². The first-order chi connectivity index (χ1) is 9.61. The molecule has 0 aliphatic heterocycles. The van der Waals surface area contributed by atoms with E-state index in [1.165, 1.54) is 12.1 Å². The zero-order valence-corrected chi connectivity index (χ0v) is 11.3. The molecule has 0 unspecified atom stereocenters. The Labute approximate surface area is 116 Å². The predicted molar refractivity (Wildman–Crippen MR) is 74.4 cm³/mol. The van der Waals surface area contributed by atoms with Gasteiger partial charge >= 0.3 is 0 Å². The average Bonchev–Trinajstić information content (AvgIpc) is 2.43. The molecule has 0 aliphatic carbocycles. The molecule has 0 heterocycles. The van der Waals surface area contributed by atoms with Gasteiger partial charge in [-0.05, 0) is 37.1 Å². The minimum absolute atomic E-state index is 0.213. The maximum absolute atomic E-state index is 13.5. The summed E-state index contributed by atoms with van der Waals surface area (Å²) < 4.78 is 19.2. The van der Waals surface area contributed by atoms with Crippen LogP contribution in [0.1, 0.15) is 16.7 Å². The molecule has 0 aliphatic rings. The number of aliphatic imine (C=N–C) groups is 1. The summed E-state index contributed by atoms with van der Waals surface area (Å²) in [7, 11) is 0. The van der Waals surface area contributed by atoms with Gasteiger partial charge in [-0.15, -0.1) is 0 Å². The van der Waals surface area contributed by atoms with Crippen molar-refractivity contribution < 1.29 is 13.9 Å². The lowest BCUT2D eigenvalue weighted by atomic mass is 10.1. The fraction of sp³-hybridized carbons (Fsp3) is 0.188. The van der Waals surface area contributed by atoms with E-state index in [-0.39, 0.29) is 12.4 Å². The van der Waals surface area contributed by atoms with Crippen molar-refractivity contribution in [1.29, 1.82) is 0 Å². The van der Waals surface area contributed by atoms with Crippen LogP contribution in [0.5, 0.6) is 5.75 Å². The Morgan fingerprint density at radius 3 is 2.70 bits per heavy atom. The number of nitrogens with zero attached hydrogens (tertiary/aromatic N) is 1. The third-order valence-corrected chi connectivity index (χ3v) is 3.00. The van der Waals surface area contributed by atoms with Crippen LogP contribution < -0.4 is 4.74 Å². The second kappa shape index (κ2) is 6.13. The molecule has 0 saturated heterocycles. The predicted octanol–water partition coefficient (Wildman–Crippen LogP) is 3.99. The molecule has 2 rings (SSSR count). The van der Waals surface area contributed by atoms with Crippen LogP contribution in [-0.4, -0.2) is 6.08 Å². The summed E-state index contributed by atoms with van der Waals surface area (Å²) in [6.07, 6.45) is 1.51. The van der Waals surface area contributed by atoms with E-state index in [4.69, 9.17) is 4.74 Å². The van der Waals surface area contributed by atoms with E-state index < -0.39 is 0 Å². The number of hydrogen-bond donors (Lipinski definition) is 0. The van der Waals surface area contributed by atoms with Crippen LogP contribution in [0.2, 0.25) is 0 Å². The molecule has 0 amide bonds. The van der Waals surface area contributed by atoms with Crippen LogP contribution in [0.3, 0.4) is 0 Å². The quantitative estimate of drug-likeness (QED) is 0.623. The third-order valence-electron chi connectivity index (χ3n) is 3.00. The van der Waals surface area contributed by atoms with Crippen LogP contribution in [0.25, 0.3) is 0 Å². The summed E-state index contributed by atoms with van der Waals surface area (Å²) in [6, 6.07) is 10.2. The highest BCUT2D eigenvalue weighted by Gasteiger charge is 2.07. The Kier molecular flexibility index (Phi) is 4.28. The topological polar surface area (TPSA) is 38.7 Å². The first-order valence-corrected chi connectivity index (χ1v) is 6.17. The van der Waals surface area contributed by atoms with Gasteiger partial charge in [0.05, 0.1) is 5.69 Å². The van der Waals surface area contributed by atoms with Crippen LogP contribution >= 0.6 is 0 Å². The summed E-state index contributed by atoms with van der Waals surface area (Å²) in [4.78, 5) is 14.0. The summed E-state index contributed by atoms with van der Waals surface area (Å²) in [5, 5.41) is 0. The van der Waals surface area contributed by atoms with Crippen molar-refractivity contribution in [3.8, 4) is 5.75 Å². The number of aryl methyl sites for hydroxylation is 2. The molecule has 0 N–H and O–H groups in total. The summed E-state index contributed by atoms with van der Waals surface area (Å²) in [6.45, 7) is 3.78. The van der Waals surface area contributed by atoms with Crippen molar-refractivity contribution in [2.45, 2.75) is 20.5 Å². The second-order valence-corrected chi connectivity index (χ2v) is 4.49. The summed E-state index contributed by atoms with van der Waals surface area (Å²) >= 11 is 0. The van der Waals surface area contributed by atoms with Crippen LogP contribution in [0.4, 0.5) is 10.1 Å². The van der Waals surface area contributed by atoms with E-state index in [1.54, 1.807) is 31.2 Å². The van der Waals surface area contributed by atoms with E-state index in [2.05, 4.69) is 4.99 Å². The first kappa shape index (κ1) is 14.0. The Bertz CT molecular complexity index is 676. The maximum atomic E-state index is 13.5. The Morgan fingerprint density at radius 2 is 1.95 bits per heavy atom. The minimum atomic E-state index is -0.301. The average molecular weight is 271 g/mol. The highest BCUT2D eigenvalue weighted by molar-refractivity contribution is 5.53. The Balaban J connectivity index is 2.21. The molecule has 20 heavy (non-hydrogen) atoms. The van der Waals surface area contributed by atoms with Crippen molar-refractivity contribution in [3.05, 3.63) is 58.9 Å². The molecule has 0 radical (unpaired) electrons. The van der Waals surface area contributed by atoms with Gasteiger partial charge in [-0.25, -0.2) is 9.18 Å². The van der Waals surface area contributed by atoms with Crippen molar-refractivity contribution in [2.24, 2.45) is 4.99 Å². The minimum Gasteiger partial charge on any atom is -0.488 e. The van der Waals surface area contributed by atoms with Gasteiger partial charge in [0.1, 0.15) is 18.2 Å². The number of hydrogen-bond acceptors (Lipinski definition) is 3. The molecule has 0 fully saturated rings. The van der Waals surface area contributed by atoms with Gasteiger partial charge in [0.2, 0.25) is 6.08 Å². The molecule has 2 aromatic rings. The lowest BCUT2D eigenvalue weighted by Gasteiger charge is -2.11. The van der Waals surface area contributed by atoms with Crippen molar-refractivity contribution in [2.75, 3.05) is 0 Å². The van der Waals surface area contributed by atoms with E-state index in [0.29, 0.717) is 17.0 Å². The fourth-order valence-corrected chi connectivity index (χ4v) is 1.91. The maximum Gasteiger partial charge on any atom is 0.240 e. The Hall–Kier alpha value is -2.45. The highest BCUT2D eigenvalue weighted by atomic mass is 19.1. The number of halogens is 1. The molecule has 0 aromatic heterocycles. The Morgan fingerprint density at radius 1 is 1.20 bits per heavy atom. The number of ether oxygens (including phenoxy) is 1. The lowest BCUT2D eigenvalue weighted by molar-refractivity contribution is 0.303. The fourth-order valence-electron chi connectivity index (χ4n) is 1.91. The normalized spacial score (nSPS) is 9.95. The highest BCUT2D eigenvalue weighted by Crippen LogP contribution is 2.25. The molecular weight excluding hydrogens is 257 g/mol. The summed E-state index contributed by atoms with van der Waals surface area (Å²) in [5.41, 5.74) is 2.70. The smallest absolute Gasteiger partial charge is 0.240 e. The van der Waals surface area contributed by atoms with Crippen molar-refractivity contribution in [3.63, 3.8) is 0 Å². The lowest BCUT2D eigenvalue weighted by Crippen LogP contribution is -1.99. The zero-order chi connectivity index (χ0) is 14.5. The number of carbonyl (C=O) groups excluding carboxylic acids is 1. The van der Waals surface area contributed by atoms with Gasteiger partial charge in [-0.3, -0.25) is 0 Å². The molecule has 0 spiro atoms. The van der Waals surface area contributed by atoms with Crippen LogP contribution in [0, 0.1) is 19.7 Å². The molecule has 0 bridgehead atoms. The number of rotatable bonds is 4. The van der Waals surface area contributed by atoms with Gasteiger partial charge in [0.25, 0.3) is 0 Å². The standard InChI is InChI=1S/C16H14FNO2/c1-11-7-12(2)16(8-14(11)17)20-9-13-5-3-4-6-15(13)18-10-19/h3-8H,9H2,1-2H3. The molecule has 102 valence electrons. The van der Waals surface area contributed by atoms with Gasteiger partial charge in [-0.2, -0.15) is 4.99 Å². The monoisotopic (exact) mass is 271 g/mol. The van der Waals surface area contributed by atoms with Gasteiger partial charge in [0, 0.05) is 11.6 Å². The van der Waals surface area contributed by atoms with E-state index in [0.717, 1.165) is 11.1 Å². The number of benzene rings is 2. The van der Waals surface area contributed by atoms with Crippen LogP contribution in [0.15, 0.2) is 41.4 Å². The van der Waals surface area contributed by atoms with Crippen molar-refractivity contribution in [1.82, 2.24) is 0 Å². The van der Waals surface area contributed by atoms with Gasteiger partial charge in [0.15, 0.2) is 0 Å². The second-order valence-electron chi connectivity index (χ2n) is 4.49. The third kappa shape index (κ3) is 3.11. The number of para-hydroxylation sites is 1. The van der Waals surface area contributed by atoms with Crippen molar-refractivity contribution >= 4 is 11.8 Å². The SMILES string of the molecule is Cc1cc(C)c(OCc2ccccc2N=C=O)cc1F. The van der Waals surface area contributed by atoms with E-state index in [9.17, 15) is 9.18 Å². The molecular formula is C16H14FNO2. The first-order valence-electron chi connectivity index (χ1n) is 6.17. The van der Waals surface area contributed by atoms with E-state index >= 15 is 0 Å². The number of isocyanates is 1. The molecule has 2 aromatic carbocycles. The molecule has 3 nitrogen and oxygen atoms in total. The van der Waals surface area contributed by atoms with E-state index in [1.807, 2.05) is 13.0 Å². The largest absolute Gasteiger partial charge is 0.488 e. The van der Waals surface area contributed by atoms with Gasteiger partial charge < -0.3 is 4.74 Å². The molecule has 4 heteroatoms.